The van der Waals surface area contributed by atoms with Crippen LogP contribution in [0.15, 0.2) is 27.8 Å². The van der Waals surface area contributed by atoms with E-state index in [1.165, 1.54) is 11.8 Å². The molecule has 0 radical (unpaired) electrons. The number of furan rings is 1. The Bertz CT molecular complexity index is 481. The van der Waals surface area contributed by atoms with Gasteiger partial charge in [-0.2, -0.15) is 0 Å². The van der Waals surface area contributed by atoms with Gasteiger partial charge in [-0.05, 0) is 24.8 Å². The Morgan fingerprint density at radius 2 is 2.20 bits per heavy atom. The van der Waals surface area contributed by atoms with E-state index in [-0.39, 0.29) is 5.95 Å². The van der Waals surface area contributed by atoms with Gasteiger partial charge in [0.15, 0.2) is 5.76 Å². The smallest absolute Gasteiger partial charge is 0.221 e. The third-order valence-electron chi connectivity index (χ3n) is 2.02. The molecule has 5 heteroatoms. The molecule has 0 fully saturated rings. The first-order valence-corrected chi connectivity index (χ1v) is 5.66. The van der Waals surface area contributed by atoms with Crippen molar-refractivity contribution in [3.8, 4) is 11.5 Å². The van der Waals surface area contributed by atoms with Gasteiger partial charge in [0.1, 0.15) is 10.7 Å². The second-order valence-electron chi connectivity index (χ2n) is 3.09. The lowest BCUT2D eigenvalue weighted by molar-refractivity contribution is 0.578. The second kappa shape index (κ2) is 3.94. The predicted octanol–water partition coefficient (Wildman–Crippen LogP) is 2.35. The molecule has 2 rings (SSSR count). The van der Waals surface area contributed by atoms with E-state index in [2.05, 4.69) is 9.97 Å². The van der Waals surface area contributed by atoms with Gasteiger partial charge >= 0.3 is 0 Å². The Labute approximate surface area is 91.9 Å². The lowest BCUT2D eigenvalue weighted by Crippen LogP contribution is -1.97. The van der Waals surface area contributed by atoms with Crippen molar-refractivity contribution in [2.24, 2.45) is 0 Å². The first-order valence-electron chi connectivity index (χ1n) is 4.43. The van der Waals surface area contributed by atoms with E-state index in [9.17, 15) is 0 Å². The van der Waals surface area contributed by atoms with Gasteiger partial charge in [0.2, 0.25) is 5.95 Å². The number of nitrogen functional groups attached to an aromatic ring is 1. The highest BCUT2D eigenvalue weighted by Gasteiger charge is 2.09. The van der Waals surface area contributed by atoms with E-state index in [4.69, 9.17) is 10.2 Å². The number of rotatable bonds is 2. The lowest BCUT2D eigenvalue weighted by Gasteiger charge is -2.02. The minimum atomic E-state index is 0.271. The van der Waals surface area contributed by atoms with Crippen molar-refractivity contribution in [3.05, 3.63) is 24.0 Å². The monoisotopic (exact) mass is 221 g/mol. The quantitative estimate of drug-likeness (QED) is 0.623. The summed E-state index contributed by atoms with van der Waals surface area (Å²) < 4.78 is 5.35. The summed E-state index contributed by atoms with van der Waals surface area (Å²) in [7, 11) is 0. The Balaban J connectivity index is 2.53. The minimum absolute atomic E-state index is 0.271. The largest absolute Gasteiger partial charge is 0.462 e. The van der Waals surface area contributed by atoms with Crippen LogP contribution in [0.2, 0.25) is 0 Å². The van der Waals surface area contributed by atoms with E-state index in [0.29, 0.717) is 0 Å². The molecule has 0 unspecified atom stereocenters. The van der Waals surface area contributed by atoms with Gasteiger partial charge in [-0.1, -0.05) is 0 Å². The van der Waals surface area contributed by atoms with Crippen LogP contribution in [-0.4, -0.2) is 16.2 Å². The number of aryl methyl sites for hydroxylation is 1. The first-order chi connectivity index (χ1) is 7.20. The van der Waals surface area contributed by atoms with Crippen molar-refractivity contribution in [1.29, 1.82) is 0 Å². The fraction of sp³-hybridized carbons (Fsp3) is 0.200. The molecule has 2 N–H and O–H groups in total. The van der Waals surface area contributed by atoms with Crippen LogP contribution >= 0.6 is 11.8 Å². The molecule has 0 saturated heterocycles. The van der Waals surface area contributed by atoms with Gasteiger partial charge in [-0.3, -0.25) is 0 Å². The summed E-state index contributed by atoms with van der Waals surface area (Å²) in [5.74, 6) is 1.02. The number of nitrogens with zero attached hydrogens (tertiary/aromatic N) is 2. The molecule has 4 nitrogen and oxygen atoms in total. The molecule has 2 aromatic heterocycles. The molecule has 0 spiro atoms. The van der Waals surface area contributed by atoms with Gasteiger partial charge in [0.05, 0.1) is 6.26 Å². The third kappa shape index (κ3) is 1.97. The van der Waals surface area contributed by atoms with Gasteiger partial charge in [0, 0.05) is 6.07 Å². The molecule has 0 atom stereocenters. The number of thioether (sulfide) groups is 1. The average Bonchev–Trinajstić information content (AvgIpc) is 2.63. The third-order valence-corrected chi connectivity index (χ3v) is 2.65. The molecule has 0 aliphatic heterocycles. The summed E-state index contributed by atoms with van der Waals surface area (Å²) in [5, 5.41) is 0.841. The summed E-state index contributed by atoms with van der Waals surface area (Å²) >= 11 is 1.53. The molecule has 0 saturated carbocycles. The maximum atomic E-state index is 5.61. The van der Waals surface area contributed by atoms with Crippen molar-refractivity contribution >= 4 is 17.7 Å². The Morgan fingerprint density at radius 1 is 1.40 bits per heavy atom. The number of anilines is 1. The molecule has 0 bridgehead atoms. The fourth-order valence-corrected chi connectivity index (χ4v) is 1.71. The van der Waals surface area contributed by atoms with Crippen LogP contribution in [0.1, 0.15) is 5.56 Å². The highest BCUT2D eigenvalue weighted by molar-refractivity contribution is 7.98. The summed E-state index contributed by atoms with van der Waals surface area (Å²) in [6.45, 7) is 1.97. The van der Waals surface area contributed by atoms with Crippen LogP contribution in [-0.2, 0) is 0 Å². The summed E-state index contributed by atoms with van der Waals surface area (Å²) in [4.78, 5) is 8.22. The van der Waals surface area contributed by atoms with Gasteiger partial charge in [0.25, 0.3) is 0 Å². The van der Waals surface area contributed by atoms with Crippen LogP contribution in [0.5, 0.6) is 0 Å². The zero-order valence-corrected chi connectivity index (χ0v) is 9.34. The summed E-state index contributed by atoms with van der Waals surface area (Å²) in [5.41, 5.74) is 7.39. The predicted molar refractivity (Wildman–Crippen MR) is 60.7 cm³/mol. The van der Waals surface area contributed by atoms with Crippen molar-refractivity contribution in [1.82, 2.24) is 9.97 Å². The molecule has 78 valence electrons. The zero-order valence-electron chi connectivity index (χ0n) is 8.52. The summed E-state index contributed by atoms with van der Waals surface area (Å²) in [6, 6.07) is 3.76. The van der Waals surface area contributed by atoms with E-state index < -0.39 is 0 Å². The van der Waals surface area contributed by atoms with Gasteiger partial charge in [-0.15, -0.1) is 11.8 Å². The average molecular weight is 221 g/mol. The first kappa shape index (κ1) is 10.0. The molecular weight excluding hydrogens is 210 g/mol. The van der Waals surface area contributed by atoms with Crippen LogP contribution in [0.25, 0.3) is 11.5 Å². The van der Waals surface area contributed by atoms with Crippen LogP contribution in [0.3, 0.4) is 0 Å². The van der Waals surface area contributed by atoms with E-state index >= 15 is 0 Å². The molecule has 0 aliphatic rings. The Kier molecular flexibility index (Phi) is 2.64. The molecule has 15 heavy (non-hydrogen) atoms. The Morgan fingerprint density at radius 3 is 2.80 bits per heavy atom. The van der Waals surface area contributed by atoms with Gasteiger partial charge in [-0.25, -0.2) is 9.97 Å². The van der Waals surface area contributed by atoms with E-state index in [1.54, 1.807) is 6.26 Å². The highest BCUT2D eigenvalue weighted by atomic mass is 32.2. The number of aromatic nitrogens is 2. The summed E-state index contributed by atoms with van der Waals surface area (Å²) in [6.07, 6.45) is 3.59. The highest BCUT2D eigenvalue weighted by Crippen LogP contribution is 2.25. The van der Waals surface area contributed by atoms with Crippen molar-refractivity contribution in [2.45, 2.75) is 11.9 Å². The van der Waals surface area contributed by atoms with Crippen molar-refractivity contribution < 1.29 is 4.42 Å². The standard InChI is InChI=1S/C10H11N3OS/c1-6-3-4-14-9(6)7-5-8(15-2)13-10(11)12-7/h3-5H,1-2H3,(H2,11,12,13). The molecule has 0 aliphatic carbocycles. The SMILES string of the molecule is CSc1cc(-c2occc2C)nc(N)n1. The Hall–Kier alpha value is -1.49. The second-order valence-corrected chi connectivity index (χ2v) is 3.91. The van der Waals surface area contributed by atoms with Crippen molar-refractivity contribution in [3.63, 3.8) is 0 Å². The van der Waals surface area contributed by atoms with Gasteiger partial charge < -0.3 is 10.2 Å². The fourth-order valence-electron chi connectivity index (χ4n) is 1.30. The number of hydrogen-bond donors (Lipinski definition) is 1. The molecule has 2 heterocycles. The molecular formula is C10H11N3OS. The maximum absolute atomic E-state index is 5.61. The maximum Gasteiger partial charge on any atom is 0.221 e. The lowest BCUT2D eigenvalue weighted by atomic mass is 10.2. The van der Waals surface area contributed by atoms with Crippen LogP contribution in [0, 0.1) is 6.92 Å². The molecule has 2 aromatic rings. The zero-order chi connectivity index (χ0) is 10.8. The van der Waals surface area contributed by atoms with E-state index in [0.717, 1.165) is 22.0 Å². The topological polar surface area (TPSA) is 64.9 Å². The molecule has 0 amide bonds. The number of nitrogens with two attached hydrogens (primary N) is 1. The van der Waals surface area contributed by atoms with Crippen LogP contribution < -0.4 is 5.73 Å². The minimum Gasteiger partial charge on any atom is -0.462 e. The normalized spacial score (nSPS) is 10.5. The number of hydrogen-bond acceptors (Lipinski definition) is 5. The van der Waals surface area contributed by atoms with E-state index in [1.807, 2.05) is 25.3 Å². The molecule has 0 aromatic carbocycles. The van der Waals surface area contributed by atoms with Crippen LogP contribution in [0.4, 0.5) is 5.95 Å². The van der Waals surface area contributed by atoms with Crippen molar-refractivity contribution in [2.75, 3.05) is 12.0 Å².